The Morgan fingerprint density at radius 1 is 1.12 bits per heavy atom. The molecule has 0 unspecified atom stereocenters. The van der Waals surface area contributed by atoms with Crippen LogP contribution in [-0.2, 0) is 13.0 Å². The summed E-state index contributed by atoms with van der Waals surface area (Å²) in [4.78, 5) is 0. The molecule has 2 aliphatic rings. The monoisotopic (exact) mass is 356 g/mol. The number of ether oxygens (including phenoxy) is 4. The van der Waals surface area contributed by atoms with Gasteiger partial charge in [0, 0.05) is 12.0 Å². The number of para-hydroxylation sites is 2. The van der Waals surface area contributed by atoms with Gasteiger partial charge >= 0.3 is 0 Å². The summed E-state index contributed by atoms with van der Waals surface area (Å²) in [6, 6.07) is 12.1. The Morgan fingerprint density at radius 3 is 2.81 bits per heavy atom. The average molecular weight is 356 g/mol. The molecule has 0 saturated heterocycles. The second kappa shape index (κ2) is 7.46. The maximum Gasteiger partial charge on any atom is 0.181 e. The van der Waals surface area contributed by atoms with Crippen LogP contribution < -0.4 is 24.3 Å². The van der Waals surface area contributed by atoms with E-state index in [9.17, 15) is 0 Å². The van der Waals surface area contributed by atoms with E-state index in [-0.39, 0.29) is 12.2 Å². The lowest BCUT2D eigenvalue weighted by Gasteiger charge is -2.25. The van der Waals surface area contributed by atoms with E-state index in [0.29, 0.717) is 13.2 Å². The molecule has 5 nitrogen and oxygen atoms in total. The number of quaternary nitrogens is 1. The predicted molar refractivity (Wildman–Crippen MR) is 98.3 cm³/mol. The molecule has 2 atom stereocenters. The van der Waals surface area contributed by atoms with E-state index in [1.54, 1.807) is 0 Å². The normalized spacial score (nSPS) is 20.4. The first-order valence-electron chi connectivity index (χ1n) is 9.38. The third-order valence-corrected chi connectivity index (χ3v) is 4.74. The van der Waals surface area contributed by atoms with Gasteiger partial charge < -0.3 is 24.3 Å². The van der Waals surface area contributed by atoms with Crippen LogP contribution in [0.2, 0.25) is 0 Å². The topological polar surface area (TPSA) is 53.5 Å². The van der Waals surface area contributed by atoms with Gasteiger partial charge in [0.2, 0.25) is 0 Å². The number of hydrogen-bond donors (Lipinski definition) is 1. The van der Waals surface area contributed by atoms with E-state index in [1.165, 1.54) is 5.56 Å². The Balaban J connectivity index is 1.38. The third kappa shape index (κ3) is 3.58. The highest BCUT2D eigenvalue weighted by Crippen LogP contribution is 2.35. The van der Waals surface area contributed by atoms with Crippen molar-refractivity contribution in [2.24, 2.45) is 0 Å². The molecular formula is C21H26NO4+. The third-order valence-electron chi connectivity index (χ3n) is 4.74. The van der Waals surface area contributed by atoms with Gasteiger partial charge in [0.1, 0.15) is 37.3 Å². The van der Waals surface area contributed by atoms with Gasteiger partial charge in [-0.1, -0.05) is 12.1 Å². The zero-order valence-electron chi connectivity index (χ0n) is 15.4. The molecule has 4 rings (SSSR count). The summed E-state index contributed by atoms with van der Waals surface area (Å²) in [5.41, 5.74) is 2.40. The molecule has 0 aliphatic carbocycles. The maximum atomic E-state index is 6.02. The molecule has 5 heteroatoms. The van der Waals surface area contributed by atoms with Crippen molar-refractivity contribution in [3.05, 3.63) is 47.5 Å². The van der Waals surface area contributed by atoms with E-state index in [2.05, 4.69) is 24.4 Å². The van der Waals surface area contributed by atoms with Crippen LogP contribution >= 0.6 is 0 Å². The summed E-state index contributed by atoms with van der Waals surface area (Å²) in [7, 11) is 0. The van der Waals surface area contributed by atoms with Gasteiger partial charge in [-0.3, -0.25) is 0 Å². The van der Waals surface area contributed by atoms with Crippen LogP contribution in [-0.4, -0.2) is 32.0 Å². The van der Waals surface area contributed by atoms with Gasteiger partial charge in [0.05, 0.1) is 12.2 Å². The molecule has 2 N–H and O–H groups in total. The Morgan fingerprint density at radius 2 is 1.96 bits per heavy atom. The SMILES string of the molecule is CCOc1cc2c(cc1C[NH2+]C[C@H]1COc3ccccc3O1)O[C@@H](C)C2. The van der Waals surface area contributed by atoms with Gasteiger partial charge in [-0.05, 0) is 38.1 Å². The lowest BCUT2D eigenvalue weighted by atomic mass is 10.1. The molecule has 2 aromatic rings. The lowest BCUT2D eigenvalue weighted by molar-refractivity contribution is -0.676. The molecule has 2 heterocycles. The van der Waals surface area contributed by atoms with Gasteiger partial charge in [-0.25, -0.2) is 0 Å². The minimum absolute atomic E-state index is 0.0474. The standard InChI is InChI=1S/C21H25NO4/c1-3-23-20-9-15-8-14(2)25-21(15)10-16(20)11-22-12-17-13-24-18-6-4-5-7-19(18)26-17/h4-7,9-10,14,17,22H,3,8,11-13H2,1-2H3/p+1/t14-,17-/m0/s1. The largest absolute Gasteiger partial charge is 0.493 e. The second-order valence-corrected chi connectivity index (χ2v) is 6.86. The zero-order chi connectivity index (χ0) is 17.9. The molecule has 0 spiro atoms. The van der Waals surface area contributed by atoms with Crippen LogP contribution in [0.25, 0.3) is 0 Å². The fourth-order valence-electron chi connectivity index (χ4n) is 3.53. The van der Waals surface area contributed by atoms with E-state index >= 15 is 0 Å². The number of nitrogens with two attached hydrogens (primary N) is 1. The van der Waals surface area contributed by atoms with Crippen molar-refractivity contribution in [3.63, 3.8) is 0 Å². The van der Waals surface area contributed by atoms with Crippen LogP contribution in [0.1, 0.15) is 25.0 Å². The Kier molecular flexibility index (Phi) is 4.89. The minimum atomic E-state index is 0.0474. The molecule has 2 aromatic carbocycles. The molecule has 0 amide bonds. The van der Waals surface area contributed by atoms with Crippen molar-refractivity contribution in [3.8, 4) is 23.0 Å². The van der Waals surface area contributed by atoms with Crippen LogP contribution in [0.5, 0.6) is 23.0 Å². The fraction of sp³-hybridized carbons (Fsp3) is 0.429. The molecule has 138 valence electrons. The van der Waals surface area contributed by atoms with Crippen LogP contribution in [0.4, 0.5) is 0 Å². The molecule has 0 fully saturated rings. The van der Waals surface area contributed by atoms with Crippen molar-refractivity contribution in [2.45, 2.75) is 39.0 Å². The lowest BCUT2D eigenvalue weighted by Crippen LogP contribution is -2.85. The van der Waals surface area contributed by atoms with Crippen molar-refractivity contribution >= 4 is 0 Å². The first-order valence-corrected chi connectivity index (χ1v) is 9.38. The number of fused-ring (bicyclic) bond motifs is 2. The molecule has 0 radical (unpaired) electrons. The summed E-state index contributed by atoms with van der Waals surface area (Å²) in [6.07, 6.45) is 1.24. The highest BCUT2D eigenvalue weighted by molar-refractivity contribution is 5.48. The van der Waals surface area contributed by atoms with Crippen molar-refractivity contribution < 1.29 is 24.3 Å². The summed E-state index contributed by atoms with van der Waals surface area (Å²) in [6.45, 7) is 7.01. The van der Waals surface area contributed by atoms with Gasteiger partial charge in [-0.2, -0.15) is 0 Å². The highest BCUT2D eigenvalue weighted by atomic mass is 16.6. The summed E-state index contributed by atoms with van der Waals surface area (Å²) in [5.74, 6) is 3.61. The molecule has 0 aromatic heterocycles. The number of hydrogen-bond acceptors (Lipinski definition) is 4. The van der Waals surface area contributed by atoms with Gasteiger partial charge in [0.15, 0.2) is 17.6 Å². The van der Waals surface area contributed by atoms with E-state index in [4.69, 9.17) is 18.9 Å². The van der Waals surface area contributed by atoms with Crippen molar-refractivity contribution in [2.75, 3.05) is 19.8 Å². The van der Waals surface area contributed by atoms with Crippen molar-refractivity contribution in [1.82, 2.24) is 0 Å². The fourth-order valence-corrected chi connectivity index (χ4v) is 3.53. The maximum absolute atomic E-state index is 6.02. The average Bonchev–Trinajstić information content (AvgIpc) is 3.01. The second-order valence-electron chi connectivity index (χ2n) is 6.86. The first-order chi connectivity index (χ1) is 12.7. The quantitative estimate of drug-likeness (QED) is 0.863. The first kappa shape index (κ1) is 17.0. The van der Waals surface area contributed by atoms with Crippen LogP contribution in [0.3, 0.4) is 0 Å². The van der Waals surface area contributed by atoms with E-state index in [0.717, 1.165) is 48.1 Å². The Hall–Kier alpha value is -2.40. The van der Waals surface area contributed by atoms with Crippen LogP contribution in [0, 0.1) is 0 Å². The molecular weight excluding hydrogens is 330 g/mol. The minimum Gasteiger partial charge on any atom is -0.493 e. The van der Waals surface area contributed by atoms with Crippen LogP contribution in [0.15, 0.2) is 36.4 Å². The Bertz CT molecular complexity index is 777. The van der Waals surface area contributed by atoms with E-state index < -0.39 is 0 Å². The Labute approximate surface area is 154 Å². The van der Waals surface area contributed by atoms with Crippen molar-refractivity contribution in [1.29, 1.82) is 0 Å². The number of benzene rings is 2. The molecule has 2 aliphatic heterocycles. The summed E-state index contributed by atoms with van der Waals surface area (Å²) >= 11 is 0. The smallest absolute Gasteiger partial charge is 0.181 e. The number of rotatable bonds is 6. The summed E-state index contributed by atoms with van der Waals surface area (Å²) < 4.78 is 23.6. The highest BCUT2D eigenvalue weighted by Gasteiger charge is 2.24. The molecule has 26 heavy (non-hydrogen) atoms. The van der Waals surface area contributed by atoms with Gasteiger partial charge in [0.25, 0.3) is 0 Å². The predicted octanol–water partition coefficient (Wildman–Crippen LogP) is 2.31. The molecule has 0 saturated carbocycles. The van der Waals surface area contributed by atoms with Gasteiger partial charge in [-0.15, -0.1) is 0 Å². The van der Waals surface area contributed by atoms with E-state index in [1.807, 2.05) is 31.2 Å². The zero-order valence-corrected chi connectivity index (χ0v) is 15.4. The summed E-state index contributed by atoms with van der Waals surface area (Å²) in [5, 5.41) is 2.24. The molecule has 0 bridgehead atoms.